The van der Waals surface area contributed by atoms with E-state index in [0.717, 1.165) is 17.2 Å². The average molecular weight is 273 g/mol. The zero-order chi connectivity index (χ0) is 13.8. The van der Waals surface area contributed by atoms with Crippen LogP contribution in [0.2, 0.25) is 0 Å². The number of halogens is 3. The Bertz CT molecular complexity index is 645. The van der Waals surface area contributed by atoms with Gasteiger partial charge in [0, 0.05) is 6.42 Å². The molecule has 0 unspecified atom stereocenters. The molecule has 0 saturated heterocycles. The summed E-state index contributed by atoms with van der Waals surface area (Å²) in [6.07, 6.45) is 1.75. The number of anilines is 1. The third-order valence-corrected chi connectivity index (χ3v) is 3.51. The van der Waals surface area contributed by atoms with Gasteiger partial charge in [0.15, 0.2) is 11.5 Å². The van der Waals surface area contributed by atoms with E-state index in [1.54, 1.807) is 0 Å². The maximum absolute atomic E-state index is 13.8. The summed E-state index contributed by atoms with van der Waals surface area (Å²) in [5.74, 6) is -3.62. The third-order valence-electron chi connectivity index (χ3n) is 3.51. The second-order valence-corrected chi connectivity index (χ2v) is 4.55. The second-order valence-electron chi connectivity index (χ2n) is 4.55. The summed E-state index contributed by atoms with van der Waals surface area (Å²) in [4.78, 5) is 11.4. The lowest BCUT2D eigenvalue weighted by atomic mass is 9.73. The lowest BCUT2D eigenvalue weighted by molar-refractivity contribution is -0.258. The Kier molecular flexibility index (Phi) is 2.28. The third kappa shape index (κ3) is 1.38. The number of alkyl halides is 3. The first kappa shape index (κ1) is 12.2. The lowest BCUT2D eigenvalue weighted by Crippen LogP contribution is -2.63. The SMILES string of the molecule is Nc1ncnc2c1ncn2[C@@H]1C[C@](F)(CO)C1(F)F. The van der Waals surface area contributed by atoms with Crippen LogP contribution in [0.15, 0.2) is 12.7 Å². The van der Waals surface area contributed by atoms with Crippen molar-refractivity contribution in [1.82, 2.24) is 19.5 Å². The van der Waals surface area contributed by atoms with Crippen molar-refractivity contribution in [3.63, 3.8) is 0 Å². The number of fused-ring (bicyclic) bond motifs is 1. The molecule has 1 fully saturated rings. The number of nitrogens with zero attached hydrogens (tertiary/aromatic N) is 4. The minimum absolute atomic E-state index is 0.0695. The molecule has 3 N–H and O–H groups in total. The molecular formula is C10H10F3N5O. The Morgan fingerprint density at radius 3 is 2.74 bits per heavy atom. The van der Waals surface area contributed by atoms with Gasteiger partial charge in [-0.05, 0) is 0 Å². The molecule has 19 heavy (non-hydrogen) atoms. The van der Waals surface area contributed by atoms with E-state index in [2.05, 4.69) is 15.0 Å². The predicted octanol–water partition coefficient (Wildman–Crippen LogP) is 0.689. The number of hydrogen-bond donors (Lipinski definition) is 2. The van der Waals surface area contributed by atoms with Gasteiger partial charge in [-0.3, -0.25) is 0 Å². The van der Waals surface area contributed by atoms with Gasteiger partial charge in [-0.2, -0.15) is 0 Å². The van der Waals surface area contributed by atoms with Crippen molar-refractivity contribution < 1.29 is 18.3 Å². The van der Waals surface area contributed by atoms with Gasteiger partial charge in [0.25, 0.3) is 0 Å². The summed E-state index contributed by atoms with van der Waals surface area (Å²) >= 11 is 0. The first-order valence-corrected chi connectivity index (χ1v) is 5.51. The molecular weight excluding hydrogens is 263 g/mol. The molecule has 2 aromatic heterocycles. The summed E-state index contributed by atoms with van der Waals surface area (Å²) in [5.41, 5.74) is 2.97. The molecule has 0 spiro atoms. The number of rotatable bonds is 2. The van der Waals surface area contributed by atoms with Crippen molar-refractivity contribution in [2.75, 3.05) is 12.3 Å². The fourth-order valence-electron chi connectivity index (χ4n) is 2.28. The highest BCUT2D eigenvalue weighted by atomic mass is 19.3. The number of hydrogen-bond acceptors (Lipinski definition) is 5. The van der Waals surface area contributed by atoms with E-state index < -0.39 is 30.7 Å². The number of aromatic nitrogens is 4. The van der Waals surface area contributed by atoms with Crippen molar-refractivity contribution in [2.45, 2.75) is 24.1 Å². The van der Waals surface area contributed by atoms with Crippen LogP contribution in [-0.4, -0.2) is 42.8 Å². The summed E-state index contributed by atoms with van der Waals surface area (Å²) in [6, 6.07) is -1.44. The van der Waals surface area contributed by atoms with Gasteiger partial charge in [-0.1, -0.05) is 0 Å². The van der Waals surface area contributed by atoms with Gasteiger partial charge in [0.05, 0.1) is 12.9 Å². The van der Waals surface area contributed by atoms with Crippen LogP contribution in [0.25, 0.3) is 11.2 Å². The molecule has 6 nitrogen and oxygen atoms in total. The van der Waals surface area contributed by atoms with Crippen LogP contribution in [0.1, 0.15) is 12.5 Å². The van der Waals surface area contributed by atoms with Crippen molar-refractivity contribution in [1.29, 1.82) is 0 Å². The molecule has 2 heterocycles. The Morgan fingerprint density at radius 1 is 1.37 bits per heavy atom. The molecule has 0 aromatic carbocycles. The normalized spacial score (nSPS) is 29.4. The van der Waals surface area contributed by atoms with Crippen LogP contribution in [0, 0.1) is 0 Å². The summed E-state index contributed by atoms with van der Waals surface area (Å²) in [6.45, 7) is -1.22. The quantitative estimate of drug-likeness (QED) is 0.840. The maximum atomic E-state index is 13.8. The topological polar surface area (TPSA) is 89.9 Å². The Balaban J connectivity index is 2.06. The molecule has 1 aliphatic carbocycles. The van der Waals surface area contributed by atoms with Gasteiger partial charge in [-0.25, -0.2) is 28.1 Å². The molecule has 1 aliphatic rings. The average Bonchev–Trinajstić information content (AvgIpc) is 2.80. The first-order chi connectivity index (χ1) is 8.90. The molecule has 0 amide bonds. The summed E-state index contributed by atoms with van der Waals surface area (Å²) in [5, 5.41) is 8.73. The smallest absolute Gasteiger partial charge is 0.304 e. The summed E-state index contributed by atoms with van der Waals surface area (Å²) < 4.78 is 42.3. The van der Waals surface area contributed by atoms with Crippen molar-refractivity contribution in [3.05, 3.63) is 12.7 Å². The van der Waals surface area contributed by atoms with E-state index >= 15 is 0 Å². The molecule has 9 heteroatoms. The minimum Gasteiger partial charge on any atom is -0.393 e. The minimum atomic E-state index is -3.69. The van der Waals surface area contributed by atoms with Crippen LogP contribution in [-0.2, 0) is 0 Å². The maximum Gasteiger partial charge on any atom is 0.304 e. The molecule has 2 aromatic rings. The van der Waals surface area contributed by atoms with Gasteiger partial charge < -0.3 is 15.4 Å². The van der Waals surface area contributed by atoms with Crippen molar-refractivity contribution >= 4 is 17.0 Å². The van der Waals surface area contributed by atoms with Crippen LogP contribution in [0.3, 0.4) is 0 Å². The summed E-state index contributed by atoms with van der Waals surface area (Å²) in [7, 11) is 0. The molecule has 0 bridgehead atoms. The number of aliphatic hydroxyl groups is 1. The van der Waals surface area contributed by atoms with E-state index in [9.17, 15) is 13.2 Å². The molecule has 2 atom stereocenters. The Hall–Kier alpha value is -1.90. The van der Waals surface area contributed by atoms with Crippen LogP contribution in [0.5, 0.6) is 0 Å². The van der Waals surface area contributed by atoms with Gasteiger partial charge in [0.2, 0.25) is 5.67 Å². The fourth-order valence-corrected chi connectivity index (χ4v) is 2.28. The molecule has 1 saturated carbocycles. The highest BCUT2D eigenvalue weighted by molar-refractivity contribution is 5.81. The van der Waals surface area contributed by atoms with E-state index in [-0.39, 0.29) is 17.0 Å². The first-order valence-electron chi connectivity index (χ1n) is 5.51. The second kappa shape index (κ2) is 3.56. The van der Waals surface area contributed by atoms with Gasteiger partial charge in [-0.15, -0.1) is 0 Å². The van der Waals surface area contributed by atoms with E-state index in [0.29, 0.717) is 0 Å². The standard InChI is InChI=1S/C10H10F3N5O/c11-9(2-19)1-5(10(9,12)13)18-4-17-6-7(14)15-3-16-8(6)18/h3-5,19H,1-2H2,(H2,14,15,16)/t5-,9+/m1/s1. The van der Waals surface area contributed by atoms with Crippen LogP contribution >= 0.6 is 0 Å². The highest BCUT2D eigenvalue weighted by Crippen LogP contribution is 2.57. The number of imidazole rings is 1. The van der Waals surface area contributed by atoms with Gasteiger partial charge in [0.1, 0.15) is 17.9 Å². The monoisotopic (exact) mass is 273 g/mol. The zero-order valence-electron chi connectivity index (χ0n) is 9.59. The van der Waals surface area contributed by atoms with Crippen LogP contribution < -0.4 is 5.73 Å². The predicted molar refractivity (Wildman–Crippen MR) is 59.3 cm³/mol. The number of nitrogens with two attached hydrogens (primary N) is 1. The number of aliphatic hydroxyl groups excluding tert-OH is 1. The van der Waals surface area contributed by atoms with E-state index in [1.165, 1.54) is 0 Å². The van der Waals surface area contributed by atoms with Gasteiger partial charge >= 0.3 is 5.92 Å². The molecule has 0 radical (unpaired) electrons. The number of nitrogen functional groups attached to an aromatic ring is 1. The molecule has 0 aliphatic heterocycles. The lowest BCUT2D eigenvalue weighted by Gasteiger charge is -2.48. The Morgan fingerprint density at radius 2 is 2.11 bits per heavy atom. The zero-order valence-corrected chi connectivity index (χ0v) is 9.59. The van der Waals surface area contributed by atoms with Crippen molar-refractivity contribution in [3.8, 4) is 0 Å². The van der Waals surface area contributed by atoms with E-state index in [4.69, 9.17) is 10.8 Å². The molecule has 102 valence electrons. The van der Waals surface area contributed by atoms with Crippen LogP contribution in [0.4, 0.5) is 19.0 Å². The molecule has 3 rings (SSSR count). The largest absolute Gasteiger partial charge is 0.393 e. The fraction of sp³-hybridized carbons (Fsp3) is 0.500. The van der Waals surface area contributed by atoms with Crippen molar-refractivity contribution in [2.24, 2.45) is 0 Å². The van der Waals surface area contributed by atoms with E-state index in [1.807, 2.05) is 0 Å². The highest BCUT2D eigenvalue weighted by Gasteiger charge is 2.70. The Labute approximate surface area is 105 Å².